The van der Waals surface area contributed by atoms with Crippen LogP contribution in [0.5, 0.6) is 17.4 Å². The van der Waals surface area contributed by atoms with Gasteiger partial charge in [0.25, 0.3) is 0 Å². The first kappa shape index (κ1) is 25.8. The van der Waals surface area contributed by atoms with E-state index >= 15 is 0 Å². The average molecular weight is 505 g/mol. The molecule has 0 atom stereocenters. The SMILES string of the molecule is COc1ccc(CCOc2cccc(-c3cccc(NC(=O)C4CCN(C(N)=O)CC4)c3)n2)cc1OC. The number of pyridine rings is 1. The van der Waals surface area contributed by atoms with Crippen molar-refractivity contribution in [3.63, 3.8) is 0 Å². The maximum Gasteiger partial charge on any atom is 0.314 e. The number of piperidine rings is 1. The molecule has 1 aromatic heterocycles. The van der Waals surface area contributed by atoms with Gasteiger partial charge in [-0.1, -0.05) is 24.3 Å². The van der Waals surface area contributed by atoms with Crippen LogP contribution in [0.4, 0.5) is 10.5 Å². The fourth-order valence-corrected chi connectivity index (χ4v) is 4.33. The normalized spacial score (nSPS) is 13.6. The molecular weight excluding hydrogens is 472 g/mol. The summed E-state index contributed by atoms with van der Waals surface area (Å²) in [5.74, 6) is 1.69. The van der Waals surface area contributed by atoms with E-state index in [-0.39, 0.29) is 11.8 Å². The van der Waals surface area contributed by atoms with Gasteiger partial charge in [0.15, 0.2) is 11.5 Å². The van der Waals surface area contributed by atoms with Gasteiger partial charge in [-0.2, -0.15) is 0 Å². The molecule has 0 bridgehead atoms. The molecular formula is C28H32N4O5. The molecule has 3 amide bonds. The number of benzene rings is 2. The Morgan fingerprint density at radius 2 is 1.76 bits per heavy atom. The monoisotopic (exact) mass is 504 g/mol. The third kappa shape index (κ3) is 6.69. The van der Waals surface area contributed by atoms with Gasteiger partial charge in [0.1, 0.15) is 0 Å². The van der Waals surface area contributed by atoms with Crippen molar-refractivity contribution in [1.29, 1.82) is 0 Å². The summed E-state index contributed by atoms with van der Waals surface area (Å²) in [7, 11) is 3.22. The van der Waals surface area contributed by atoms with Crippen molar-refractivity contribution in [2.24, 2.45) is 11.7 Å². The first-order valence-electron chi connectivity index (χ1n) is 12.2. The first-order chi connectivity index (χ1) is 18.0. The number of rotatable bonds is 9. The maximum absolute atomic E-state index is 12.8. The number of ether oxygens (including phenoxy) is 3. The van der Waals surface area contributed by atoms with E-state index in [1.807, 2.05) is 60.7 Å². The van der Waals surface area contributed by atoms with E-state index in [2.05, 4.69) is 10.3 Å². The third-order valence-corrected chi connectivity index (χ3v) is 6.42. The van der Waals surface area contributed by atoms with Crippen LogP contribution in [-0.4, -0.2) is 55.7 Å². The predicted octanol–water partition coefficient (Wildman–Crippen LogP) is 4.12. The lowest BCUT2D eigenvalue weighted by molar-refractivity contribution is -0.121. The summed E-state index contributed by atoms with van der Waals surface area (Å²) in [4.78, 5) is 30.3. The lowest BCUT2D eigenvalue weighted by atomic mass is 9.96. The molecule has 1 saturated heterocycles. The number of likely N-dealkylation sites (tertiary alicyclic amines) is 1. The molecule has 1 aliphatic heterocycles. The van der Waals surface area contributed by atoms with Gasteiger partial charge in [-0.15, -0.1) is 0 Å². The van der Waals surface area contributed by atoms with Crippen molar-refractivity contribution in [2.45, 2.75) is 19.3 Å². The van der Waals surface area contributed by atoms with Crippen LogP contribution in [-0.2, 0) is 11.2 Å². The highest BCUT2D eigenvalue weighted by Crippen LogP contribution is 2.28. The zero-order chi connectivity index (χ0) is 26.2. The van der Waals surface area contributed by atoms with E-state index in [1.54, 1.807) is 19.1 Å². The van der Waals surface area contributed by atoms with Gasteiger partial charge in [0.05, 0.1) is 26.5 Å². The fraction of sp³-hybridized carbons (Fsp3) is 0.321. The molecule has 1 aliphatic rings. The standard InChI is InChI=1S/C28H32N4O5/c1-35-24-10-9-19(17-25(24)36-2)13-16-37-26-8-4-7-23(31-26)21-5-3-6-22(18-21)30-27(33)20-11-14-32(15-12-20)28(29)34/h3-10,17-18,20H,11-16H2,1-2H3,(H2,29,34)(H,30,33). The molecule has 2 heterocycles. The van der Waals surface area contributed by atoms with E-state index in [0.29, 0.717) is 62.0 Å². The van der Waals surface area contributed by atoms with Gasteiger partial charge in [-0.05, 0) is 48.7 Å². The molecule has 194 valence electrons. The Morgan fingerprint density at radius 1 is 1.00 bits per heavy atom. The topological polar surface area (TPSA) is 116 Å². The highest BCUT2D eigenvalue weighted by atomic mass is 16.5. The lowest BCUT2D eigenvalue weighted by Crippen LogP contribution is -2.43. The molecule has 0 unspecified atom stereocenters. The highest BCUT2D eigenvalue weighted by molar-refractivity contribution is 5.93. The Balaban J connectivity index is 1.35. The van der Waals surface area contributed by atoms with E-state index in [1.165, 1.54) is 0 Å². The Hall–Kier alpha value is -4.27. The zero-order valence-electron chi connectivity index (χ0n) is 21.1. The van der Waals surface area contributed by atoms with Crippen LogP contribution in [0, 0.1) is 5.92 Å². The van der Waals surface area contributed by atoms with Crippen LogP contribution in [0.2, 0.25) is 0 Å². The lowest BCUT2D eigenvalue weighted by Gasteiger charge is -2.30. The van der Waals surface area contributed by atoms with Crippen LogP contribution >= 0.6 is 0 Å². The summed E-state index contributed by atoms with van der Waals surface area (Å²) in [6, 6.07) is 18.5. The minimum absolute atomic E-state index is 0.0542. The average Bonchev–Trinajstić information content (AvgIpc) is 2.93. The number of nitrogens with zero attached hydrogens (tertiary/aromatic N) is 2. The summed E-state index contributed by atoms with van der Waals surface area (Å²) in [5, 5.41) is 3.00. The second kappa shape index (κ2) is 12.1. The summed E-state index contributed by atoms with van der Waals surface area (Å²) >= 11 is 0. The molecule has 2 aromatic carbocycles. The Labute approximate surface area is 216 Å². The van der Waals surface area contributed by atoms with Crippen LogP contribution in [0.3, 0.4) is 0 Å². The van der Waals surface area contributed by atoms with Gasteiger partial charge < -0.3 is 30.2 Å². The van der Waals surface area contributed by atoms with Crippen LogP contribution in [0.1, 0.15) is 18.4 Å². The van der Waals surface area contributed by atoms with E-state index < -0.39 is 6.03 Å². The molecule has 9 heteroatoms. The van der Waals surface area contributed by atoms with Gasteiger partial charge in [0, 0.05) is 42.7 Å². The first-order valence-corrected chi connectivity index (χ1v) is 12.2. The number of nitrogens with one attached hydrogen (secondary N) is 1. The maximum atomic E-state index is 12.8. The predicted molar refractivity (Wildman–Crippen MR) is 141 cm³/mol. The summed E-state index contributed by atoms with van der Waals surface area (Å²) < 4.78 is 16.6. The van der Waals surface area contributed by atoms with Gasteiger partial charge in [-0.3, -0.25) is 4.79 Å². The van der Waals surface area contributed by atoms with Crippen molar-refractivity contribution in [3.05, 3.63) is 66.2 Å². The Morgan fingerprint density at radius 3 is 2.49 bits per heavy atom. The molecule has 37 heavy (non-hydrogen) atoms. The minimum Gasteiger partial charge on any atom is -0.493 e. The van der Waals surface area contributed by atoms with Crippen molar-refractivity contribution in [1.82, 2.24) is 9.88 Å². The van der Waals surface area contributed by atoms with E-state index in [0.717, 1.165) is 16.8 Å². The highest BCUT2D eigenvalue weighted by Gasteiger charge is 2.26. The number of aromatic nitrogens is 1. The van der Waals surface area contributed by atoms with E-state index in [4.69, 9.17) is 19.9 Å². The van der Waals surface area contributed by atoms with Gasteiger partial charge >= 0.3 is 6.03 Å². The number of methoxy groups -OCH3 is 2. The van der Waals surface area contributed by atoms with Crippen molar-refractivity contribution in [3.8, 4) is 28.6 Å². The molecule has 0 spiro atoms. The number of primary amides is 1. The minimum atomic E-state index is -0.439. The van der Waals surface area contributed by atoms with Crippen molar-refractivity contribution >= 4 is 17.6 Å². The van der Waals surface area contributed by atoms with E-state index in [9.17, 15) is 9.59 Å². The molecule has 0 radical (unpaired) electrons. The van der Waals surface area contributed by atoms with Crippen LogP contribution < -0.4 is 25.3 Å². The molecule has 0 aliphatic carbocycles. The quantitative estimate of drug-likeness (QED) is 0.453. The van der Waals surface area contributed by atoms with Crippen LogP contribution in [0.15, 0.2) is 60.7 Å². The molecule has 4 rings (SSSR count). The number of anilines is 1. The number of hydrogen-bond donors (Lipinski definition) is 2. The number of carbonyl (C=O) groups is 2. The fourth-order valence-electron chi connectivity index (χ4n) is 4.33. The number of carbonyl (C=O) groups excluding carboxylic acids is 2. The smallest absolute Gasteiger partial charge is 0.314 e. The Bertz CT molecular complexity index is 1240. The number of urea groups is 1. The summed E-state index contributed by atoms with van der Waals surface area (Å²) in [6.45, 7) is 1.45. The summed E-state index contributed by atoms with van der Waals surface area (Å²) in [5.41, 5.74) is 8.71. The number of hydrogen-bond acceptors (Lipinski definition) is 6. The van der Waals surface area contributed by atoms with Gasteiger partial charge in [0.2, 0.25) is 11.8 Å². The Kier molecular flexibility index (Phi) is 8.45. The second-order valence-corrected chi connectivity index (χ2v) is 8.82. The number of nitrogens with two attached hydrogens (primary N) is 1. The van der Waals surface area contributed by atoms with Crippen molar-refractivity contribution in [2.75, 3.05) is 39.2 Å². The molecule has 0 saturated carbocycles. The molecule has 3 aromatic rings. The van der Waals surface area contributed by atoms with Crippen molar-refractivity contribution < 1.29 is 23.8 Å². The van der Waals surface area contributed by atoms with Crippen LogP contribution in [0.25, 0.3) is 11.3 Å². The third-order valence-electron chi connectivity index (χ3n) is 6.42. The molecule has 9 nitrogen and oxygen atoms in total. The summed E-state index contributed by atoms with van der Waals surface area (Å²) in [6.07, 6.45) is 1.88. The van der Waals surface area contributed by atoms with Gasteiger partial charge in [-0.25, -0.2) is 9.78 Å². The number of amides is 3. The molecule has 3 N–H and O–H groups in total. The largest absolute Gasteiger partial charge is 0.493 e. The molecule has 1 fully saturated rings. The second-order valence-electron chi connectivity index (χ2n) is 8.82. The zero-order valence-corrected chi connectivity index (χ0v) is 21.1.